The molecule has 2 rings (SSSR count). The fourth-order valence-corrected chi connectivity index (χ4v) is 2.54. The third-order valence-corrected chi connectivity index (χ3v) is 3.94. The van der Waals surface area contributed by atoms with E-state index < -0.39 is 5.95 Å². The third-order valence-electron chi connectivity index (χ3n) is 3.94. The molecule has 0 fully saturated rings. The Hall–Kier alpha value is -2.37. The normalized spacial score (nSPS) is 10.9. The van der Waals surface area contributed by atoms with Crippen LogP contribution in [0.3, 0.4) is 0 Å². The third kappa shape index (κ3) is 5.59. The summed E-state index contributed by atoms with van der Waals surface area (Å²) >= 11 is 0. The topological polar surface area (TPSA) is 59.0 Å². The molecule has 0 spiro atoms. The summed E-state index contributed by atoms with van der Waals surface area (Å²) in [5.41, 5.74) is 2.00. The molecule has 0 aromatic carbocycles. The number of pyridine rings is 1. The summed E-state index contributed by atoms with van der Waals surface area (Å²) in [6, 6.07) is 4.28. The molecule has 0 aliphatic rings. The van der Waals surface area contributed by atoms with Crippen LogP contribution < -0.4 is 0 Å². The molecule has 25 heavy (non-hydrogen) atoms. The van der Waals surface area contributed by atoms with Crippen molar-refractivity contribution >= 4 is 5.91 Å². The number of aryl methyl sites for hydroxylation is 1. The van der Waals surface area contributed by atoms with Crippen LogP contribution in [-0.2, 0) is 13.0 Å². The lowest BCUT2D eigenvalue weighted by Crippen LogP contribution is -2.33. The van der Waals surface area contributed by atoms with Gasteiger partial charge >= 0.3 is 0 Å². The molecule has 6 heteroatoms. The summed E-state index contributed by atoms with van der Waals surface area (Å²) in [6.45, 7) is 7.26. The van der Waals surface area contributed by atoms with Gasteiger partial charge < -0.3 is 4.90 Å². The van der Waals surface area contributed by atoms with Crippen LogP contribution in [0.25, 0.3) is 0 Å². The number of carbonyl (C=O) groups is 1. The summed E-state index contributed by atoms with van der Waals surface area (Å²) in [6.07, 6.45) is 6.00. The minimum Gasteiger partial charge on any atom is -0.331 e. The predicted molar refractivity (Wildman–Crippen MR) is 94.4 cm³/mol. The van der Waals surface area contributed by atoms with Gasteiger partial charge in [0.25, 0.3) is 5.91 Å². The Morgan fingerprint density at radius 1 is 1.32 bits per heavy atom. The van der Waals surface area contributed by atoms with Gasteiger partial charge in [-0.05, 0) is 36.5 Å². The molecule has 0 atom stereocenters. The lowest BCUT2D eigenvalue weighted by atomic mass is 10.1. The van der Waals surface area contributed by atoms with Gasteiger partial charge in [-0.2, -0.15) is 4.39 Å². The van der Waals surface area contributed by atoms with Crippen molar-refractivity contribution in [3.63, 3.8) is 0 Å². The van der Waals surface area contributed by atoms with Gasteiger partial charge in [-0.25, -0.2) is 15.0 Å². The average Bonchev–Trinajstić information content (AvgIpc) is 2.59. The van der Waals surface area contributed by atoms with E-state index in [9.17, 15) is 9.18 Å². The molecule has 0 aliphatic carbocycles. The van der Waals surface area contributed by atoms with Crippen LogP contribution >= 0.6 is 0 Å². The number of hydrogen-bond donors (Lipinski definition) is 0. The first-order valence-corrected chi connectivity index (χ1v) is 8.70. The van der Waals surface area contributed by atoms with Crippen molar-refractivity contribution in [1.29, 1.82) is 0 Å². The van der Waals surface area contributed by atoms with Gasteiger partial charge in [0, 0.05) is 12.7 Å². The van der Waals surface area contributed by atoms with Gasteiger partial charge in [-0.15, -0.1) is 0 Å². The number of aromatic nitrogens is 3. The van der Waals surface area contributed by atoms with Crippen molar-refractivity contribution < 1.29 is 9.18 Å². The Balaban J connectivity index is 2.25. The van der Waals surface area contributed by atoms with Crippen molar-refractivity contribution in [2.45, 2.75) is 46.6 Å². The van der Waals surface area contributed by atoms with Crippen LogP contribution in [-0.4, -0.2) is 32.3 Å². The number of amides is 1. The van der Waals surface area contributed by atoms with E-state index in [0.29, 0.717) is 19.0 Å². The van der Waals surface area contributed by atoms with Crippen molar-refractivity contribution in [2.75, 3.05) is 6.54 Å². The summed E-state index contributed by atoms with van der Waals surface area (Å²) in [5.74, 6) is -0.471. The summed E-state index contributed by atoms with van der Waals surface area (Å²) in [4.78, 5) is 26.7. The lowest BCUT2D eigenvalue weighted by Gasteiger charge is -2.24. The number of nitrogens with zero attached hydrogens (tertiary/aromatic N) is 4. The van der Waals surface area contributed by atoms with Crippen LogP contribution in [0.5, 0.6) is 0 Å². The molecule has 2 heterocycles. The van der Waals surface area contributed by atoms with Crippen LogP contribution in [0.1, 0.15) is 55.4 Å². The van der Waals surface area contributed by atoms with Crippen LogP contribution in [0.2, 0.25) is 0 Å². The number of carbonyl (C=O) groups excluding carboxylic acids is 1. The van der Waals surface area contributed by atoms with Crippen LogP contribution in [0, 0.1) is 11.9 Å². The SMILES string of the molecule is CCCc1cncnc1CN(CCC(C)C)C(=O)c1cccc(F)n1. The van der Waals surface area contributed by atoms with Crippen molar-refractivity contribution in [3.05, 3.63) is 53.6 Å². The molecule has 0 bridgehead atoms. The fraction of sp³-hybridized carbons (Fsp3) is 0.474. The maximum Gasteiger partial charge on any atom is 0.272 e. The zero-order valence-electron chi connectivity index (χ0n) is 15.1. The highest BCUT2D eigenvalue weighted by atomic mass is 19.1. The molecule has 2 aromatic heterocycles. The minimum atomic E-state index is -0.650. The smallest absolute Gasteiger partial charge is 0.272 e. The molecule has 0 saturated carbocycles. The Kier molecular flexibility index (Phi) is 6.98. The van der Waals surface area contributed by atoms with E-state index in [0.717, 1.165) is 30.5 Å². The molecule has 0 aliphatic heterocycles. The maximum atomic E-state index is 13.4. The zero-order chi connectivity index (χ0) is 18.2. The summed E-state index contributed by atoms with van der Waals surface area (Å²) in [7, 11) is 0. The first-order valence-electron chi connectivity index (χ1n) is 8.70. The van der Waals surface area contributed by atoms with E-state index in [-0.39, 0.29) is 11.6 Å². The van der Waals surface area contributed by atoms with E-state index >= 15 is 0 Å². The first kappa shape index (κ1) is 19.0. The van der Waals surface area contributed by atoms with Gasteiger partial charge in [0.1, 0.15) is 12.0 Å². The second-order valence-corrected chi connectivity index (χ2v) is 6.50. The molecule has 0 radical (unpaired) electrons. The highest BCUT2D eigenvalue weighted by molar-refractivity contribution is 5.92. The van der Waals surface area contributed by atoms with Crippen molar-refractivity contribution in [1.82, 2.24) is 19.9 Å². The molecular formula is C19H25FN4O. The summed E-state index contributed by atoms with van der Waals surface area (Å²) < 4.78 is 13.4. The zero-order valence-corrected chi connectivity index (χ0v) is 15.1. The second kappa shape index (κ2) is 9.20. The van der Waals surface area contributed by atoms with Gasteiger partial charge in [0.2, 0.25) is 5.95 Å². The second-order valence-electron chi connectivity index (χ2n) is 6.50. The summed E-state index contributed by atoms with van der Waals surface area (Å²) in [5, 5.41) is 0. The Bertz CT molecular complexity index is 705. The first-order chi connectivity index (χ1) is 12.0. The minimum absolute atomic E-state index is 0.120. The van der Waals surface area contributed by atoms with Crippen LogP contribution in [0.4, 0.5) is 4.39 Å². The fourth-order valence-electron chi connectivity index (χ4n) is 2.54. The van der Waals surface area contributed by atoms with Crippen molar-refractivity contribution in [2.24, 2.45) is 5.92 Å². The monoisotopic (exact) mass is 344 g/mol. The number of hydrogen-bond acceptors (Lipinski definition) is 4. The molecule has 0 unspecified atom stereocenters. The number of rotatable bonds is 8. The molecule has 134 valence electrons. The average molecular weight is 344 g/mol. The van der Waals surface area contributed by atoms with E-state index in [1.807, 2.05) is 0 Å². The standard InChI is InChI=1S/C19H25FN4O/c1-4-6-15-11-21-13-22-17(15)12-24(10-9-14(2)3)19(25)16-7-5-8-18(20)23-16/h5,7-8,11,13-14H,4,6,9-10,12H2,1-3H3. The van der Waals surface area contributed by atoms with Gasteiger partial charge in [-0.3, -0.25) is 4.79 Å². The molecule has 0 saturated heterocycles. The molecule has 0 N–H and O–H groups in total. The van der Waals surface area contributed by atoms with E-state index in [2.05, 4.69) is 35.7 Å². The van der Waals surface area contributed by atoms with Crippen LogP contribution in [0.15, 0.2) is 30.7 Å². The Morgan fingerprint density at radius 2 is 2.12 bits per heavy atom. The Labute approximate surface area is 148 Å². The molecule has 5 nitrogen and oxygen atoms in total. The van der Waals surface area contributed by atoms with Gasteiger partial charge in [0.15, 0.2) is 0 Å². The Morgan fingerprint density at radius 3 is 2.80 bits per heavy atom. The largest absolute Gasteiger partial charge is 0.331 e. The highest BCUT2D eigenvalue weighted by Crippen LogP contribution is 2.14. The van der Waals surface area contributed by atoms with E-state index in [4.69, 9.17) is 0 Å². The highest BCUT2D eigenvalue weighted by Gasteiger charge is 2.20. The quantitative estimate of drug-likeness (QED) is 0.686. The number of halogens is 1. The molecule has 2 aromatic rings. The predicted octanol–water partition coefficient (Wildman–Crippen LogP) is 3.65. The van der Waals surface area contributed by atoms with Crippen molar-refractivity contribution in [3.8, 4) is 0 Å². The van der Waals surface area contributed by atoms with Gasteiger partial charge in [-0.1, -0.05) is 33.3 Å². The molecular weight excluding hydrogens is 319 g/mol. The molecule has 1 amide bonds. The van der Waals surface area contributed by atoms with E-state index in [1.165, 1.54) is 18.5 Å². The maximum absolute atomic E-state index is 13.4. The van der Waals surface area contributed by atoms with Gasteiger partial charge in [0.05, 0.1) is 12.2 Å². The lowest BCUT2D eigenvalue weighted by molar-refractivity contribution is 0.0725. The van der Waals surface area contributed by atoms with E-state index in [1.54, 1.807) is 17.2 Å².